The molecule has 0 spiro atoms. The Hall–Kier alpha value is -1.92. The molecule has 1 heterocycles. The molecule has 1 saturated carbocycles. The highest BCUT2D eigenvalue weighted by Gasteiger charge is 2.38. The van der Waals surface area contributed by atoms with Gasteiger partial charge in [0.25, 0.3) is 5.91 Å². The zero-order valence-electron chi connectivity index (χ0n) is 16.1. The quantitative estimate of drug-likeness (QED) is 0.612. The summed E-state index contributed by atoms with van der Waals surface area (Å²) in [6.07, 6.45) is 6.62. The molecule has 0 bridgehead atoms. The molecule has 3 unspecified atom stereocenters. The summed E-state index contributed by atoms with van der Waals surface area (Å²) in [7, 11) is 0. The van der Waals surface area contributed by atoms with E-state index in [2.05, 4.69) is 16.0 Å². The second kappa shape index (κ2) is 9.85. The van der Waals surface area contributed by atoms with Crippen molar-refractivity contribution >= 4 is 17.5 Å². The van der Waals surface area contributed by atoms with Crippen LogP contribution in [0.3, 0.4) is 0 Å². The minimum Gasteiger partial charge on any atom is -0.382 e. The number of hydrogen-bond donors (Lipinski definition) is 3. The lowest BCUT2D eigenvalue weighted by molar-refractivity contribution is -0.117. The third kappa shape index (κ3) is 5.53. The van der Waals surface area contributed by atoms with E-state index in [1.54, 1.807) is 18.2 Å². The minimum atomic E-state index is -0.132. The van der Waals surface area contributed by atoms with Gasteiger partial charge in [-0.3, -0.25) is 9.59 Å². The van der Waals surface area contributed by atoms with E-state index >= 15 is 0 Å². The Morgan fingerprint density at radius 2 is 2.11 bits per heavy atom. The average molecular weight is 373 g/mol. The maximum absolute atomic E-state index is 12.6. The van der Waals surface area contributed by atoms with Crippen LogP contribution in [0.25, 0.3) is 0 Å². The summed E-state index contributed by atoms with van der Waals surface area (Å²) >= 11 is 0. The molecule has 27 heavy (non-hydrogen) atoms. The summed E-state index contributed by atoms with van der Waals surface area (Å²) in [6, 6.07) is 7.48. The second-order valence-corrected chi connectivity index (χ2v) is 7.48. The van der Waals surface area contributed by atoms with Crippen molar-refractivity contribution in [2.75, 3.05) is 25.1 Å². The number of benzene rings is 1. The molecule has 3 N–H and O–H groups in total. The minimum absolute atomic E-state index is 0.00123. The molecular weight excluding hydrogens is 342 g/mol. The third-order valence-corrected chi connectivity index (χ3v) is 5.53. The highest BCUT2D eigenvalue weighted by Crippen LogP contribution is 2.33. The van der Waals surface area contributed by atoms with Crippen LogP contribution in [-0.4, -0.2) is 43.7 Å². The third-order valence-electron chi connectivity index (χ3n) is 5.53. The summed E-state index contributed by atoms with van der Waals surface area (Å²) < 4.78 is 5.26. The van der Waals surface area contributed by atoms with Crippen LogP contribution in [0.5, 0.6) is 0 Å². The number of ether oxygens (including phenoxy) is 1. The molecule has 2 amide bonds. The van der Waals surface area contributed by atoms with Gasteiger partial charge in [-0.1, -0.05) is 18.9 Å². The summed E-state index contributed by atoms with van der Waals surface area (Å²) in [6.45, 7) is 3.86. The number of rotatable bonds is 8. The number of fused-ring (bicyclic) bond motifs is 1. The van der Waals surface area contributed by atoms with E-state index in [1.807, 2.05) is 13.0 Å². The highest BCUT2D eigenvalue weighted by atomic mass is 16.5. The van der Waals surface area contributed by atoms with Crippen LogP contribution in [-0.2, 0) is 9.53 Å². The van der Waals surface area contributed by atoms with Crippen LogP contribution in [0.1, 0.15) is 55.8 Å². The fourth-order valence-electron chi connectivity index (χ4n) is 4.11. The molecule has 0 radical (unpaired) electrons. The molecule has 2 aliphatic rings. The molecule has 1 aromatic carbocycles. The Kier molecular flexibility index (Phi) is 7.24. The van der Waals surface area contributed by atoms with Crippen molar-refractivity contribution in [2.24, 2.45) is 5.92 Å². The highest BCUT2D eigenvalue weighted by molar-refractivity contribution is 5.98. The Morgan fingerprint density at radius 3 is 2.93 bits per heavy atom. The van der Waals surface area contributed by atoms with Gasteiger partial charge in [0.15, 0.2) is 0 Å². The van der Waals surface area contributed by atoms with Crippen molar-refractivity contribution in [1.82, 2.24) is 10.6 Å². The zero-order valence-corrected chi connectivity index (χ0v) is 16.1. The van der Waals surface area contributed by atoms with Crippen LogP contribution in [0.4, 0.5) is 5.69 Å². The van der Waals surface area contributed by atoms with Gasteiger partial charge in [-0.2, -0.15) is 0 Å². The van der Waals surface area contributed by atoms with E-state index < -0.39 is 0 Å². The number of carbonyl (C=O) groups is 2. The Labute approximate surface area is 161 Å². The first kappa shape index (κ1) is 19.8. The second-order valence-electron chi connectivity index (χ2n) is 7.48. The molecule has 1 saturated heterocycles. The number of hydrogen-bond acceptors (Lipinski definition) is 4. The van der Waals surface area contributed by atoms with E-state index in [0.29, 0.717) is 43.0 Å². The van der Waals surface area contributed by atoms with Crippen molar-refractivity contribution in [1.29, 1.82) is 0 Å². The van der Waals surface area contributed by atoms with Gasteiger partial charge in [0, 0.05) is 37.1 Å². The van der Waals surface area contributed by atoms with Gasteiger partial charge in [-0.25, -0.2) is 0 Å². The lowest BCUT2D eigenvalue weighted by Gasteiger charge is -2.24. The molecule has 3 atom stereocenters. The maximum atomic E-state index is 12.6. The molecule has 1 aromatic rings. The molecule has 2 fully saturated rings. The first-order valence-electron chi connectivity index (χ1n) is 10.2. The van der Waals surface area contributed by atoms with Crippen LogP contribution in [0, 0.1) is 5.92 Å². The summed E-state index contributed by atoms with van der Waals surface area (Å²) in [5, 5.41) is 9.35. The average Bonchev–Trinajstić information content (AvgIpc) is 3.12. The molecule has 3 rings (SSSR count). The van der Waals surface area contributed by atoms with Gasteiger partial charge in [0.05, 0.1) is 6.04 Å². The molecule has 6 heteroatoms. The number of amides is 2. The van der Waals surface area contributed by atoms with E-state index in [9.17, 15) is 9.59 Å². The largest absolute Gasteiger partial charge is 0.382 e. The van der Waals surface area contributed by atoms with Crippen molar-refractivity contribution in [3.63, 3.8) is 0 Å². The summed E-state index contributed by atoms with van der Waals surface area (Å²) in [5.41, 5.74) is 1.22. The van der Waals surface area contributed by atoms with Gasteiger partial charge in [-0.15, -0.1) is 0 Å². The smallest absolute Gasteiger partial charge is 0.251 e. The molecule has 0 aromatic heterocycles. The fraction of sp³-hybridized carbons (Fsp3) is 0.619. The molecular formula is C21H31N3O3. The van der Waals surface area contributed by atoms with Gasteiger partial charge in [0.2, 0.25) is 5.91 Å². The molecule has 148 valence electrons. The number of nitrogens with one attached hydrogen (secondary N) is 3. The van der Waals surface area contributed by atoms with E-state index in [4.69, 9.17) is 4.74 Å². The lowest BCUT2D eigenvalue weighted by atomic mass is 9.85. The van der Waals surface area contributed by atoms with Crippen molar-refractivity contribution in [3.8, 4) is 0 Å². The van der Waals surface area contributed by atoms with Crippen LogP contribution in [0.15, 0.2) is 24.3 Å². The summed E-state index contributed by atoms with van der Waals surface area (Å²) in [4.78, 5) is 24.9. The van der Waals surface area contributed by atoms with Gasteiger partial charge >= 0.3 is 0 Å². The van der Waals surface area contributed by atoms with Crippen molar-refractivity contribution < 1.29 is 14.3 Å². The Balaban J connectivity index is 1.49. The van der Waals surface area contributed by atoms with E-state index in [-0.39, 0.29) is 17.9 Å². The maximum Gasteiger partial charge on any atom is 0.251 e. The standard InChI is InChI=1S/C21H31N3O3/c1-2-27-12-6-11-22-20(25)16-8-5-9-17(13-16)23-21(26)19-14-15-7-3-4-10-18(15)24-19/h5,8-9,13,15,18-19,24H,2-4,6-7,10-12,14H2,1H3,(H,22,25)(H,23,26). The van der Waals surface area contributed by atoms with Gasteiger partial charge in [0.1, 0.15) is 0 Å². The predicted molar refractivity (Wildman–Crippen MR) is 106 cm³/mol. The number of anilines is 1. The van der Waals surface area contributed by atoms with Crippen LogP contribution >= 0.6 is 0 Å². The van der Waals surface area contributed by atoms with Crippen LogP contribution < -0.4 is 16.0 Å². The van der Waals surface area contributed by atoms with Crippen LogP contribution in [0.2, 0.25) is 0 Å². The topological polar surface area (TPSA) is 79.5 Å². The van der Waals surface area contributed by atoms with Gasteiger partial charge < -0.3 is 20.7 Å². The SMILES string of the molecule is CCOCCCNC(=O)c1cccc(NC(=O)C2CC3CCCCC3N2)c1. The fourth-order valence-corrected chi connectivity index (χ4v) is 4.11. The predicted octanol–water partition coefficient (Wildman–Crippen LogP) is 2.70. The molecule has 6 nitrogen and oxygen atoms in total. The lowest BCUT2D eigenvalue weighted by Crippen LogP contribution is -2.39. The molecule has 1 aliphatic heterocycles. The zero-order chi connectivity index (χ0) is 19.1. The first-order valence-corrected chi connectivity index (χ1v) is 10.2. The van der Waals surface area contributed by atoms with Crippen molar-refractivity contribution in [3.05, 3.63) is 29.8 Å². The first-order chi connectivity index (χ1) is 13.2. The molecule has 1 aliphatic carbocycles. The van der Waals surface area contributed by atoms with E-state index in [0.717, 1.165) is 12.8 Å². The number of carbonyl (C=O) groups excluding carboxylic acids is 2. The summed E-state index contributed by atoms with van der Waals surface area (Å²) in [5.74, 6) is 0.495. The Bertz CT molecular complexity index is 635. The van der Waals surface area contributed by atoms with Gasteiger partial charge in [-0.05, 0) is 56.7 Å². The Morgan fingerprint density at radius 1 is 1.26 bits per heavy atom. The van der Waals surface area contributed by atoms with Crippen molar-refractivity contribution in [2.45, 2.75) is 57.5 Å². The van der Waals surface area contributed by atoms with E-state index in [1.165, 1.54) is 25.7 Å². The monoisotopic (exact) mass is 373 g/mol. The normalized spacial score (nSPS) is 24.3.